The number of pyridine rings is 1. The van der Waals surface area contributed by atoms with E-state index in [9.17, 15) is 9.18 Å². The van der Waals surface area contributed by atoms with E-state index in [0.717, 1.165) is 54.0 Å². The number of rotatable bonds is 6. The molecular weight excluding hydrogens is 485 g/mol. The monoisotopic (exact) mass is 519 g/mol. The molecule has 38 heavy (non-hydrogen) atoms. The number of carbonyl (C=O) groups is 1. The second-order valence-corrected chi connectivity index (χ2v) is 9.76. The Balaban J connectivity index is 0.000000204. The van der Waals surface area contributed by atoms with Gasteiger partial charge >= 0.3 is 0 Å². The van der Waals surface area contributed by atoms with E-state index >= 15 is 0 Å². The van der Waals surface area contributed by atoms with Crippen molar-refractivity contribution in [2.24, 2.45) is 11.8 Å². The predicted molar refractivity (Wildman–Crippen MR) is 142 cm³/mol. The van der Waals surface area contributed by atoms with Gasteiger partial charge in [-0.2, -0.15) is 10.2 Å². The highest BCUT2D eigenvalue weighted by atomic mass is 19.1. The van der Waals surface area contributed by atoms with Crippen molar-refractivity contribution >= 4 is 17.5 Å². The number of halogens is 1. The Kier molecular flexibility index (Phi) is 8.77. The zero-order valence-electron chi connectivity index (χ0n) is 22.1. The lowest BCUT2D eigenvalue weighted by atomic mass is 9.80. The molecule has 4 aromatic heterocycles. The van der Waals surface area contributed by atoms with E-state index in [1.165, 1.54) is 23.6 Å². The summed E-state index contributed by atoms with van der Waals surface area (Å²) in [6.45, 7) is 7.98. The van der Waals surface area contributed by atoms with Gasteiger partial charge < -0.3 is 10.6 Å². The van der Waals surface area contributed by atoms with Gasteiger partial charge in [0.25, 0.3) is 0 Å². The molecule has 200 valence electrons. The van der Waals surface area contributed by atoms with Crippen LogP contribution in [0.3, 0.4) is 0 Å². The molecular formula is C27H34FN9O. The van der Waals surface area contributed by atoms with Gasteiger partial charge in [0, 0.05) is 35.6 Å². The smallest absolute Gasteiger partial charge is 0.223 e. The molecule has 1 aliphatic rings. The van der Waals surface area contributed by atoms with Gasteiger partial charge in [0.1, 0.15) is 12.1 Å². The van der Waals surface area contributed by atoms with Crippen LogP contribution >= 0.6 is 0 Å². The minimum absolute atomic E-state index is 0.109. The molecule has 0 aromatic carbocycles. The Morgan fingerprint density at radius 1 is 1.11 bits per heavy atom. The highest BCUT2D eigenvalue weighted by Gasteiger charge is 2.28. The lowest BCUT2D eigenvalue weighted by Gasteiger charge is -2.29. The first kappa shape index (κ1) is 26.9. The van der Waals surface area contributed by atoms with E-state index < -0.39 is 5.82 Å². The van der Waals surface area contributed by atoms with Gasteiger partial charge in [-0.05, 0) is 51.2 Å². The Bertz CT molecular complexity index is 1330. The van der Waals surface area contributed by atoms with Crippen molar-refractivity contribution in [2.75, 3.05) is 5.32 Å². The number of carbonyl (C=O) groups excluding carboxylic acids is 1. The summed E-state index contributed by atoms with van der Waals surface area (Å²) in [4.78, 5) is 24.9. The van der Waals surface area contributed by atoms with E-state index in [4.69, 9.17) is 0 Å². The van der Waals surface area contributed by atoms with Crippen molar-refractivity contribution in [3.8, 4) is 5.82 Å². The maximum Gasteiger partial charge on any atom is 0.223 e. The second-order valence-electron chi connectivity index (χ2n) is 9.76. The minimum Gasteiger partial charge on any atom is -0.349 e. The maximum atomic E-state index is 13.0. The molecule has 0 saturated heterocycles. The standard InChI is InChI=1S/C18H23FN4O.C9H11N5/c1-12-5-3-4-6-16(12)18(24)22-13(2)14-7-8-17(20-9-14)23-11-15(19)10-21-23;1-6-3-8(11-5-10-6)12-9-4-7(2)13-14-9/h7-13,16H,3-6H2,1-2H3,(H,22,24);3-5H,1-2H3,(H2,10,11,12,13,14)/t12?,13?,16-;/m1./s1. The average molecular weight is 520 g/mol. The van der Waals surface area contributed by atoms with E-state index in [2.05, 4.69) is 47.8 Å². The third-order valence-electron chi connectivity index (χ3n) is 6.63. The Hall–Kier alpha value is -4.15. The maximum absolute atomic E-state index is 13.0. The van der Waals surface area contributed by atoms with E-state index in [1.807, 2.05) is 39.0 Å². The number of amides is 1. The largest absolute Gasteiger partial charge is 0.349 e. The van der Waals surface area contributed by atoms with Crippen LogP contribution in [0.15, 0.2) is 49.2 Å². The van der Waals surface area contributed by atoms with Gasteiger partial charge in [-0.1, -0.05) is 25.8 Å². The SMILES string of the molecule is CC(NC(=O)[C@@H]1CCCCC1C)c1ccc(-n2cc(F)cn2)nc1.Cc1cc(Nc2cc(C)[nH]n2)ncn1. The fourth-order valence-corrected chi connectivity index (χ4v) is 4.46. The Morgan fingerprint density at radius 2 is 1.92 bits per heavy atom. The number of nitrogens with one attached hydrogen (secondary N) is 3. The molecule has 5 rings (SSSR count). The van der Waals surface area contributed by atoms with Crippen LogP contribution in [0.5, 0.6) is 0 Å². The van der Waals surface area contributed by atoms with Crippen LogP contribution < -0.4 is 10.6 Å². The van der Waals surface area contributed by atoms with Crippen LogP contribution in [0.4, 0.5) is 16.0 Å². The van der Waals surface area contributed by atoms with Gasteiger partial charge in [-0.25, -0.2) is 24.0 Å². The van der Waals surface area contributed by atoms with Gasteiger partial charge in [0.2, 0.25) is 5.91 Å². The second kappa shape index (κ2) is 12.4. The van der Waals surface area contributed by atoms with Crippen LogP contribution in [0.1, 0.15) is 62.5 Å². The number of anilines is 2. The first-order valence-electron chi connectivity index (χ1n) is 12.8. The molecule has 0 aliphatic heterocycles. The summed E-state index contributed by atoms with van der Waals surface area (Å²) in [7, 11) is 0. The molecule has 4 aromatic rings. The highest BCUT2D eigenvalue weighted by molar-refractivity contribution is 5.79. The molecule has 4 heterocycles. The van der Waals surface area contributed by atoms with Gasteiger partial charge in [0.15, 0.2) is 17.5 Å². The van der Waals surface area contributed by atoms with Crippen molar-refractivity contribution in [3.63, 3.8) is 0 Å². The fraction of sp³-hybridized carbons (Fsp3) is 0.407. The van der Waals surface area contributed by atoms with Crippen LogP contribution in [-0.2, 0) is 4.79 Å². The first-order valence-corrected chi connectivity index (χ1v) is 12.8. The van der Waals surface area contributed by atoms with Crippen LogP contribution in [0, 0.1) is 31.5 Å². The molecule has 1 fully saturated rings. The average Bonchev–Trinajstić information content (AvgIpc) is 3.52. The summed E-state index contributed by atoms with van der Waals surface area (Å²) in [5.74, 6) is 2.35. The molecule has 2 unspecified atom stereocenters. The molecule has 3 atom stereocenters. The van der Waals surface area contributed by atoms with Crippen molar-refractivity contribution in [2.45, 2.75) is 59.4 Å². The number of aryl methyl sites for hydroxylation is 2. The van der Waals surface area contributed by atoms with Gasteiger partial charge in [-0.3, -0.25) is 9.89 Å². The quantitative estimate of drug-likeness (QED) is 0.328. The third-order valence-corrected chi connectivity index (χ3v) is 6.63. The van der Waals surface area contributed by atoms with Gasteiger partial charge in [0.05, 0.1) is 18.4 Å². The topological polar surface area (TPSA) is 126 Å². The van der Waals surface area contributed by atoms with Crippen molar-refractivity contribution in [3.05, 3.63) is 72.0 Å². The molecule has 1 amide bonds. The number of aromatic nitrogens is 7. The van der Waals surface area contributed by atoms with Crippen LogP contribution in [-0.4, -0.2) is 40.8 Å². The summed E-state index contributed by atoms with van der Waals surface area (Å²) >= 11 is 0. The zero-order chi connectivity index (χ0) is 27.1. The number of H-pyrrole nitrogens is 1. The first-order chi connectivity index (χ1) is 18.3. The number of nitrogens with zero attached hydrogens (tertiary/aromatic N) is 6. The Morgan fingerprint density at radius 3 is 2.55 bits per heavy atom. The summed E-state index contributed by atoms with van der Waals surface area (Å²) in [5, 5.41) is 17.0. The van der Waals surface area contributed by atoms with Crippen molar-refractivity contribution in [1.82, 2.24) is 40.2 Å². The zero-order valence-corrected chi connectivity index (χ0v) is 22.1. The highest BCUT2D eigenvalue weighted by Crippen LogP contribution is 2.30. The molecule has 3 N–H and O–H groups in total. The molecule has 11 heteroatoms. The minimum atomic E-state index is -0.400. The fourth-order valence-electron chi connectivity index (χ4n) is 4.46. The summed E-state index contributed by atoms with van der Waals surface area (Å²) in [5.41, 5.74) is 2.86. The number of hydrogen-bond donors (Lipinski definition) is 3. The third kappa shape index (κ3) is 7.21. The van der Waals surface area contributed by atoms with Crippen LogP contribution in [0.2, 0.25) is 0 Å². The van der Waals surface area contributed by atoms with Crippen molar-refractivity contribution < 1.29 is 9.18 Å². The summed E-state index contributed by atoms with van der Waals surface area (Å²) in [6, 6.07) is 7.33. The molecule has 10 nitrogen and oxygen atoms in total. The number of hydrogen-bond acceptors (Lipinski definition) is 7. The summed E-state index contributed by atoms with van der Waals surface area (Å²) in [6.07, 6.45) is 10.1. The van der Waals surface area contributed by atoms with Gasteiger partial charge in [-0.15, -0.1) is 0 Å². The predicted octanol–water partition coefficient (Wildman–Crippen LogP) is 4.97. The van der Waals surface area contributed by atoms with E-state index in [0.29, 0.717) is 11.7 Å². The van der Waals surface area contributed by atoms with E-state index in [-0.39, 0.29) is 17.9 Å². The summed E-state index contributed by atoms with van der Waals surface area (Å²) < 4.78 is 14.4. The van der Waals surface area contributed by atoms with Crippen LogP contribution in [0.25, 0.3) is 5.82 Å². The van der Waals surface area contributed by atoms with E-state index in [1.54, 1.807) is 12.3 Å². The number of aromatic amines is 1. The molecule has 0 bridgehead atoms. The Labute approximate surface area is 221 Å². The normalized spacial score (nSPS) is 17.7. The molecule has 1 aliphatic carbocycles. The molecule has 0 spiro atoms. The van der Waals surface area contributed by atoms with Crippen molar-refractivity contribution in [1.29, 1.82) is 0 Å². The lowest BCUT2D eigenvalue weighted by Crippen LogP contribution is -2.37. The molecule has 1 saturated carbocycles. The molecule has 0 radical (unpaired) electrons. The lowest BCUT2D eigenvalue weighted by molar-refractivity contribution is -0.128.